The van der Waals surface area contributed by atoms with E-state index in [1.807, 2.05) is 19.1 Å². The maximum absolute atomic E-state index is 12.4. The summed E-state index contributed by atoms with van der Waals surface area (Å²) in [6.45, 7) is 6.30. The van der Waals surface area contributed by atoms with Gasteiger partial charge in [0.05, 0.1) is 11.7 Å². The molecule has 1 amide bonds. The van der Waals surface area contributed by atoms with Crippen LogP contribution in [0.1, 0.15) is 50.4 Å². The summed E-state index contributed by atoms with van der Waals surface area (Å²) in [4.78, 5) is 16.9. The summed E-state index contributed by atoms with van der Waals surface area (Å²) in [5.41, 5.74) is 2.12. The van der Waals surface area contributed by atoms with Gasteiger partial charge < -0.3 is 5.32 Å². The van der Waals surface area contributed by atoms with E-state index < -0.39 is 0 Å². The highest BCUT2D eigenvalue weighted by Gasteiger charge is 2.25. The molecule has 1 N–H and O–H groups in total. The van der Waals surface area contributed by atoms with Gasteiger partial charge in [-0.1, -0.05) is 32.1 Å². The zero-order valence-electron chi connectivity index (χ0n) is 12.6. The van der Waals surface area contributed by atoms with E-state index in [2.05, 4.69) is 36.3 Å². The van der Waals surface area contributed by atoms with Crippen molar-refractivity contribution in [1.29, 1.82) is 0 Å². The number of allylic oxidation sites excluding steroid dienone is 2. The lowest BCUT2D eigenvalue weighted by atomic mass is 9.91. The lowest BCUT2D eigenvalue weighted by Gasteiger charge is -2.26. The highest BCUT2D eigenvalue weighted by Crippen LogP contribution is 2.25. The van der Waals surface area contributed by atoms with Gasteiger partial charge in [0.2, 0.25) is 5.91 Å². The molecule has 0 unspecified atom stereocenters. The molecule has 1 heterocycles. The van der Waals surface area contributed by atoms with Crippen molar-refractivity contribution in [2.75, 3.05) is 0 Å². The molecule has 0 saturated heterocycles. The number of hydrogen-bond acceptors (Lipinski definition) is 2. The summed E-state index contributed by atoms with van der Waals surface area (Å²) < 4.78 is 0. The third-order valence-electron chi connectivity index (χ3n) is 3.95. The maximum Gasteiger partial charge on any atom is 0.223 e. The second-order valence-electron chi connectivity index (χ2n) is 5.92. The molecule has 1 aliphatic rings. The first kappa shape index (κ1) is 14.8. The summed E-state index contributed by atoms with van der Waals surface area (Å²) >= 11 is 0. The molecule has 1 aromatic heterocycles. The van der Waals surface area contributed by atoms with E-state index in [9.17, 15) is 4.79 Å². The molecule has 0 spiro atoms. The van der Waals surface area contributed by atoms with Crippen molar-refractivity contribution in [2.24, 2.45) is 11.8 Å². The number of amides is 1. The molecule has 0 aliphatic heterocycles. The van der Waals surface area contributed by atoms with E-state index >= 15 is 0 Å². The van der Waals surface area contributed by atoms with Crippen LogP contribution in [0, 0.1) is 18.8 Å². The Kier molecular flexibility index (Phi) is 4.94. The smallest absolute Gasteiger partial charge is 0.223 e. The van der Waals surface area contributed by atoms with Gasteiger partial charge in [0, 0.05) is 12.1 Å². The van der Waals surface area contributed by atoms with Crippen LogP contribution in [-0.4, -0.2) is 10.9 Å². The van der Waals surface area contributed by atoms with Crippen molar-refractivity contribution >= 4 is 5.91 Å². The number of hydrogen-bond donors (Lipinski definition) is 1. The summed E-state index contributed by atoms with van der Waals surface area (Å²) in [5.74, 6) is 0.607. The van der Waals surface area contributed by atoms with Crippen LogP contribution in [-0.2, 0) is 4.79 Å². The second kappa shape index (κ2) is 6.69. The molecule has 0 bridgehead atoms. The molecular weight excluding hydrogens is 248 g/mol. The molecule has 0 radical (unpaired) electrons. The SMILES string of the molecule is Cc1cccnc1[C@@H](NC(=O)[C@@H]1CC=CCC1)C(C)C. The van der Waals surface area contributed by atoms with Gasteiger partial charge in [-0.3, -0.25) is 9.78 Å². The second-order valence-corrected chi connectivity index (χ2v) is 5.92. The summed E-state index contributed by atoms with van der Waals surface area (Å²) in [6.07, 6.45) is 8.89. The highest BCUT2D eigenvalue weighted by atomic mass is 16.1. The van der Waals surface area contributed by atoms with Crippen LogP contribution in [0.3, 0.4) is 0 Å². The van der Waals surface area contributed by atoms with Gasteiger partial charge in [0.25, 0.3) is 0 Å². The molecule has 1 aromatic rings. The van der Waals surface area contributed by atoms with Gasteiger partial charge in [-0.2, -0.15) is 0 Å². The van der Waals surface area contributed by atoms with Crippen LogP contribution >= 0.6 is 0 Å². The Morgan fingerprint density at radius 3 is 2.80 bits per heavy atom. The third kappa shape index (κ3) is 3.47. The molecule has 0 saturated carbocycles. The van der Waals surface area contributed by atoms with Gasteiger partial charge in [-0.15, -0.1) is 0 Å². The molecule has 0 aromatic carbocycles. The van der Waals surface area contributed by atoms with Gasteiger partial charge in [-0.05, 0) is 43.7 Å². The molecular formula is C17H24N2O. The number of carbonyl (C=O) groups is 1. The van der Waals surface area contributed by atoms with Gasteiger partial charge >= 0.3 is 0 Å². The monoisotopic (exact) mass is 272 g/mol. The minimum Gasteiger partial charge on any atom is -0.347 e. The molecule has 0 fully saturated rings. The maximum atomic E-state index is 12.4. The largest absolute Gasteiger partial charge is 0.347 e. The molecule has 3 heteroatoms. The van der Waals surface area contributed by atoms with Crippen molar-refractivity contribution in [3.8, 4) is 0 Å². The van der Waals surface area contributed by atoms with Crippen molar-refractivity contribution in [3.63, 3.8) is 0 Å². The normalized spacial score (nSPS) is 19.9. The van der Waals surface area contributed by atoms with Crippen LogP contribution in [0.2, 0.25) is 0 Å². The van der Waals surface area contributed by atoms with E-state index in [1.165, 1.54) is 0 Å². The first-order chi connectivity index (χ1) is 9.59. The van der Waals surface area contributed by atoms with Crippen LogP contribution in [0.4, 0.5) is 0 Å². The number of aryl methyl sites for hydroxylation is 1. The van der Waals surface area contributed by atoms with E-state index in [0.29, 0.717) is 5.92 Å². The fourth-order valence-electron chi connectivity index (χ4n) is 2.68. The summed E-state index contributed by atoms with van der Waals surface area (Å²) in [6, 6.07) is 3.98. The Morgan fingerprint density at radius 1 is 1.40 bits per heavy atom. The number of nitrogens with one attached hydrogen (secondary N) is 1. The number of pyridine rings is 1. The summed E-state index contributed by atoms with van der Waals surface area (Å²) in [5, 5.41) is 3.21. The first-order valence-corrected chi connectivity index (χ1v) is 7.46. The zero-order chi connectivity index (χ0) is 14.5. The molecule has 3 nitrogen and oxygen atoms in total. The fraction of sp³-hybridized carbons (Fsp3) is 0.529. The quantitative estimate of drug-likeness (QED) is 0.852. The predicted molar refractivity (Wildman–Crippen MR) is 81.2 cm³/mol. The van der Waals surface area contributed by atoms with Crippen molar-refractivity contribution in [2.45, 2.75) is 46.1 Å². The minimum absolute atomic E-state index is 0.00499. The Morgan fingerprint density at radius 2 is 2.20 bits per heavy atom. The Bertz CT molecular complexity index is 494. The number of rotatable bonds is 4. The Balaban J connectivity index is 2.12. The van der Waals surface area contributed by atoms with E-state index in [1.54, 1.807) is 6.20 Å². The number of nitrogens with zero attached hydrogens (tertiary/aromatic N) is 1. The van der Waals surface area contributed by atoms with Crippen LogP contribution in [0.15, 0.2) is 30.5 Å². The third-order valence-corrected chi connectivity index (χ3v) is 3.95. The van der Waals surface area contributed by atoms with E-state index in [4.69, 9.17) is 0 Å². The first-order valence-electron chi connectivity index (χ1n) is 7.46. The van der Waals surface area contributed by atoms with Crippen molar-refractivity contribution < 1.29 is 4.79 Å². The van der Waals surface area contributed by atoms with Crippen molar-refractivity contribution in [3.05, 3.63) is 41.7 Å². The minimum atomic E-state index is -0.00499. The average Bonchev–Trinajstić information content (AvgIpc) is 2.46. The molecule has 2 atom stereocenters. The lowest BCUT2D eigenvalue weighted by Crippen LogP contribution is -2.37. The standard InChI is InChI=1S/C17H24N2O/c1-12(2)15(16-13(3)8-7-11-18-16)19-17(20)14-9-5-4-6-10-14/h4-5,7-8,11-12,14-15H,6,9-10H2,1-3H3,(H,19,20)/t14-,15+/m1/s1. The molecule has 2 rings (SSSR count). The lowest BCUT2D eigenvalue weighted by molar-refractivity contribution is -0.126. The fourth-order valence-corrected chi connectivity index (χ4v) is 2.68. The zero-order valence-corrected chi connectivity index (χ0v) is 12.6. The molecule has 108 valence electrons. The van der Waals surface area contributed by atoms with Gasteiger partial charge in [-0.25, -0.2) is 0 Å². The highest BCUT2D eigenvalue weighted by molar-refractivity contribution is 5.79. The van der Waals surface area contributed by atoms with E-state index in [0.717, 1.165) is 30.5 Å². The average molecular weight is 272 g/mol. The van der Waals surface area contributed by atoms with Crippen molar-refractivity contribution in [1.82, 2.24) is 10.3 Å². The molecule has 1 aliphatic carbocycles. The topological polar surface area (TPSA) is 42.0 Å². The van der Waals surface area contributed by atoms with Crippen LogP contribution in [0.25, 0.3) is 0 Å². The molecule has 20 heavy (non-hydrogen) atoms. The Hall–Kier alpha value is -1.64. The van der Waals surface area contributed by atoms with Crippen LogP contribution < -0.4 is 5.32 Å². The van der Waals surface area contributed by atoms with Gasteiger partial charge in [0.1, 0.15) is 0 Å². The van der Waals surface area contributed by atoms with Crippen LogP contribution in [0.5, 0.6) is 0 Å². The number of aromatic nitrogens is 1. The van der Waals surface area contributed by atoms with E-state index in [-0.39, 0.29) is 17.9 Å². The van der Waals surface area contributed by atoms with Gasteiger partial charge in [0.15, 0.2) is 0 Å². The number of carbonyl (C=O) groups excluding carboxylic acids is 1. The Labute approximate surface area is 121 Å². The predicted octanol–water partition coefficient (Wildman–Crippen LogP) is 3.56. The summed E-state index contributed by atoms with van der Waals surface area (Å²) in [7, 11) is 0.